The van der Waals surface area contributed by atoms with Crippen molar-refractivity contribution in [1.29, 1.82) is 0 Å². The van der Waals surface area contributed by atoms with Crippen LogP contribution in [0.1, 0.15) is 85.0 Å². The van der Waals surface area contributed by atoms with Crippen LogP contribution in [0.2, 0.25) is 0 Å². The van der Waals surface area contributed by atoms with Crippen molar-refractivity contribution in [3.8, 4) is 0 Å². The van der Waals surface area contributed by atoms with E-state index in [0.29, 0.717) is 5.41 Å². The third kappa shape index (κ3) is 2.16. The van der Waals surface area contributed by atoms with Gasteiger partial charge in [0.05, 0.1) is 0 Å². The molecule has 116 valence electrons. The molecule has 3 saturated carbocycles. The second kappa shape index (κ2) is 5.30. The summed E-state index contributed by atoms with van der Waals surface area (Å²) in [4.78, 5) is 0. The summed E-state index contributed by atoms with van der Waals surface area (Å²) >= 11 is 0. The lowest BCUT2D eigenvalue weighted by molar-refractivity contribution is -0.0274. The van der Waals surface area contributed by atoms with E-state index in [1.54, 1.807) is 0 Å². The zero-order valence-corrected chi connectivity index (χ0v) is 14.0. The summed E-state index contributed by atoms with van der Waals surface area (Å²) in [5.41, 5.74) is 7.73. The second-order valence-electron chi connectivity index (χ2n) is 8.59. The van der Waals surface area contributed by atoms with Gasteiger partial charge in [0.1, 0.15) is 0 Å². The quantitative estimate of drug-likeness (QED) is 0.706. The first-order valence-electron chi connectivity index (χ1n) is 9.30. The zero-order chi connectivity index (χ0) is 14.4. The first-order chi connectivity index (χ1) is 9.51. The molecule has 3 fully saturated rings. The van der Waals surface area contributed by atoms with E-state index in [2.05, 4.69) is 20.8 Å². The van der Waals surface area contributed by atoms with Crippen molar-refractivity contribution in [2.45, 2.75) is 90.5 Å². The Labute approximate surface area is 126 Å². The molecule has 0 radical (unpaired) electrons. The van der Waals surface area contributed by atoms with Crippen LogP contribution in [0, 0.1) is 29.1 Å². The number of nitrogens with two attached hydrogens (primary N) is 1. The van der Waals surface area contributed by atoms with Crippen molar-refractivity contribution in [2.24, 2.45) is 34.8 Å². The van der Waals surface area contributed by atoms with Gasteiger partial charge < -0.3 is 5.73 Å². The van der Waals surface area contributed by atoms with Gasteiger partial charge in [0.25, 0.3) is 0 Å². The number of hydrogen-bond acceptors (Lipinski definition) is 1. The zero-order valence-electron chi connectivity index (χ0n) is 14.0. The monoisotopic (exact) mass is 277 g/mol. The van der Waals surface area contributed by atoms with Gasteiger partial charge in [-0.1, -0.05) is 40.0 Å². The molecule has 0 aromatic carbocycles. The van der Waals surface area contributed by atoms with Crippen molar-refractivity contribution in [1.82, 2.24) is 0 Å². The van der Waals surface area contributed by atoms with Crippen LogP contribution < -0.4 is 5.73 Å². The van der Waals surface area contributed by atoms with E-state index in [-0.39, 0.29) is 5.54 Å². The fourth-order valence-electron chi connectivity index (χ4n) is 6.30. The van der Waals surface area contributed by atoms with E-state index in [1.165, 1.54) is 64.2 Å². The van der Waals surface area contributed by atoms with Crippen molar-refractivity contribution in [2.75, 3.05) is 0 Å². The van der Waals surface area contributed by atoms with Gasteiger partial charge in [0.2, 0.25) is 0 Å². The third-order valence-corrected chi connectivity index (χ3v) is 7.99. The molecule has 0 bridgehead atoms. The van der Waals surface area contributed by atoms with Gasteiger partial charge in [-0.25, -0.2) is 0 Å². The van der Waals surface area contributed by atoms with Crippen LogP contribution in [0.3, 0.4) is 0 Å². The minimum atomic E-state index is 0.151. The Morgan fingerprint density at radius 1 is 0.950 bits per heavy atom. The summed E-state index contributed by atoms with van der Waals surface area (Å²) in [6.45, 7) is 7.46. The van der Waals surface area contributed by atoms with Gasteiger partial charge >= 0.3 is 0 Å². The molecule has 6 atom stereocenters. The Kier molecular flexibility index (Phi) is 3.95. The Bertz CT molecular complexity index is 352. The Hall–Kier alpha value is -0.0400. The number of fused-ring (bicyclic) bond motifs is 3. The van der Waals surface area contributed by atoms with Gasteiger partial charge in [0, 0.05) is 5.54 Å². The van der Waals surface area contributed by atoms with E-state index >= 15 is 0 Å². The molecule has 6 unspecified atom stereocenters. The van der Waals surface area contributed by atoms with Crippen molar-refractivity contribution in [3.05, 3.63) is 0 Å². The molecule has 1 heteroatoms. The van der Waals surface area contributed by atoms with Crippen molar-refractivity contribution >= 4 is 0 Å². The van der Waals surface area contributed by atoms with Crippen LogP contribution in [0.5, 0.6) is 0 Å². The van der Waals surface area contributed by atoms with E-state index < -0.39 is 0 Å². The van der Waals surface area contributed by atoms with Crippen LogP contribution in [0.25, 0.3) is 0 Å². The maximum absolute atomic E-state index is 6.94. The molecule has 0 heterocycles. The van der Waals surface area contributed by atoms with Gasteiger partial charge in [-0.2, -0.15) is 0 Å². The minimum Gasteiger partial charge on any atom is -0.325 e. The van der Waals surface area contributed by atoms with Crippen LogP contribution in [-0.2, 0) is 0 Å². The van der Waals surface area contributed by atoms with Crippen LogP contribution >= 0.6 is 0 Å². The van der Waals surface area contributed by atoms with Crippen LogP contribution in [0.4, 0.5) is 0 Å². The second-order valence-corrected chi connectivity index (χ2v) is 8.59. The molecule has 3 aliphatic carbocycles. The summed E-state index contributed by atoms with van der Waals surface area (Å²) in [6, 6.07) is 0. The molecule has 0 saturated heterocycles. The van der Waals surface area contributed by atoms with Crippen LogP contribution in [-0.4, -0.2) is 5.54 Å². The average molecular weight is 277 g/mol. The van der Waals surface area contributed by atoms with Gasteiger partial charge in [-0.05, 0) is 74.0 Å². The predicted molar refractivity (Wildman–Crippen MR) is 86.5 cm³/mol. The molecular weight excluding hydrogens is 242 g/mol. The van der Waals surface area contributed by atoms with Crippen molar-refractivity contribution in [3.63, 3.8) is 0 Å². The lowest BCUT2D eigenvalue weighted by Gasteiger charge is -2.54. The Morgan fingerprint density at radius 3 is 2.50 bits per heavy atom. The van der Waals surface area contributed by atoms with Gasteiger partial charge in [-0.3, -0.25) is 0 Å². The highest BCUT2D eigenvalue weighted by atomic mass is 14.8. The number of hydrogen-bond donors (Lipinski definition) is 1. The first kappa shape index (κ1) is 14.9. The lowest BCUT2D eigenvalue weighted by atomic mass is 9.52. The Balaban J connectivity index is 1.90. The summed E-state index contributed by atoms with van der Waals surface area (Å²) in [6.07, 6.45) is 14.0. The topological polar surface area (TPSA) is 26.0 Å². The normalized spacial score (nSPS) is 52.8. The summed E-state index contributed by atoms with van der Waals surface area (Å²) in [5, 5.41) is 0. The van der Waals surface area contributed by atoms with E-state index in [1.807, 2.05) is 0 Å². The lowest BCUT2D eigenvalue weighted by Crippen LogP contribution is -2.55. The SMILES string of the molecule is CCC1(N)CCCCCC2C1CCC1(C)C(C)CCC21. The maximum Gasteiger partial charge on any atom is 0.0183 e. The molecule has 0 spiro atoms. The summed E-state index contributed by atoms with van der Waals surface area (Å²) in [7, 11) is 0. The Morgan fingerprint density at radius 2 is 1.75 bits per heavy atom. The highest BCUT2D eigenvalue weighted by Crippen LogP contribution is 2.61. The molecule has 0 aromatic rings. The molecule has 1 nitrogen and oxygen atoms in total. The third-order valence-electron chi connectivity index (χ3n) is 7.99. The fraction of sp³-hybridized carbons (Fsp3) is 1.00. The molecule has 3 aliphatic rings. The summed E-state index contributed by atoms with van der Waals surface area (Å²) in [5.74, 6) is 3.66. The molecule has 0 aliphatic heterocycles. The molecular formula is C19H35N. The standard InChI is InChI=1S/C19H35N/c1-4-19(20)12-7-5-6-8-15-16-10-9-14(2)18(16,3)13-11-17(15)19/h14-17H,4-13,20H2,1-3H3. The van der Waals surface area contributed by atoms with Gasteiger partial charge in [0.15, 0.2) is 0 Å². The fourth-order valence-corrected chi connectivity index (χ4v) is 6.30. The van der Waals surface area contributed by atoms with Gasteiger partial charge in [-0.15, -0.1) is 0 Å². The smallest absolute Gasteiger partial charge is 0.0183 e. The maximum atomic E-state index is 6.94. The van der Waals surface area contributed by atoms with E-state index in [0.717, 1.165) is 23.7 Å². The molecule has 0 aromatic heterocycles. The molecule has 0 amide bonds. The highest BCUT2D eigenvalue weighted by molar-refractivity contribution is 5.06. The summed E-state index contributed by atoms with van der Waals surface area (Å²) < 4.78 is 0. The minimum absolute atomic E-state index is 0.151. The van der Waals surface area contributed by atoms with Crippen molar-refractivity contribution < 1.29 is 0 Å². The van der Waals surface area contributed by atoms with E-state index in [9.17, 15) is 0 Å². The average Bonchev–Trinajstić information content (AvgIpc) is 2.72. The molecule has 3 rings (SSSR count). The number of rotatable bonds is 1. The first-order valence-corrected chi connectivity index (χ1v) is 9.30. The molecule has 2 N–H and O–H groups in total. The van der Waals surface area contributed by atoms with Crippen LogP contribution in [0.15, 0.2) is 0 Å². The highest BCUT2D eigenvalue weighted by Gasteiger charge is 2.55. The van der Waals surface area contributed by atoms with E-state index in [4.69, 9.17) is 5.73 Å². The predicted octanol–water partition coefficient (Wildman–Crippen LogP) is 5.14. The largest absolute Gasteiger partial charge is 0.325 e. The molecule has 20 heavy (non-hydrogen) atoms.